The molecule has 0 bridgehead atoms. The zero-order valence-corrected chi connectivity index (χ0v) is 15.2. The Morgan fingerprint density at radius 3 is 2.71 bits per heavy atom. The standard InChI is InChI=1S/C19H32N4O/c1-14(2)23-9-8-15(13-23)10-20-11-17-12-21-22-19(17)16-4-6-18(24-3)7-5-16/h4-7,14-15,17,19-22H,8-13H2,1-3H3. The van der Waals surface area contributed by atoms with E-state index in [1.54, 1.807) is 7.11 Å². The third-order valence-electron chi connectivity index (χ3n) is 5.46. The SMILES string of the molecule is COc1ccc(C2NNCC2CNCC2CCN(C(C)C)C2)cc1. The smallest absolute Gasteiger partial charge is 0.118 e. The van der Waals surface area contributed by atoms with Gasteiger partial charge in [-0.15, -0.1) is 0 Å². The molecule has 3 unspecified atom stereocenters. The minimum atomic E-state index is 0.360. The number of methoxy groups -OCH3 is 1. The lowest BCUT2D eigenvalue weighted by molar-refractivity contribution is 0.263. The maximum atomic E-state index is 5.25. The molecule has 1 aromatic carbocycles. The maximum absolute atomic E-state index is 5.25. The Morgan fingerprint density at radius 2 is 2.04 bits per heavy atom. The van der Waals surface area contributed by atoms with Gasteiger partial charge in [-0.2, -0.15) is 0 Å². The van der Waals surface area contributed by atoms with Crippen molar-refractivity contribution in [1.82, 2.24) is 21.1 Å². The van der Waals surface area contributed by atoms with E-state index in [1.807, 2.05) is 12.1 Å². The largest absolute Gasteiger partial charge is 0.497 e. The number of nitrogens with zero attached hydrogens (tertiary/aromatic N) is 1. The monoisotopic (exact) mass is 332 g/mol. The fourth-order valence-electron chi connectivity index (χ4n) is 3.86. The highest BCUT2D eigenvalue weighted by Gasteiger charge is 2.29. The predicted octanol–water partition coefficient (Wildman–Crippen LogP) is 1.78. The summed E-state index contributed by atoms with van der Waals surface area (Å²) in [6, 6.07) is 9.44. The van der Waals surface area contributed by atoms with Crippen molar-refractivity contribution in [3.63, 3.8) is 0 Å². The lowest BCUT2D eigenvalue weighted by Gasteiger charge is -2.22. The van der Waals surface area contributed by atoms with Crippen LogP contribution >= 0.6 is 0 Å². The first-order valence-electron chi connectivity index (χ1n) is 9.24. The van der Waals surface area contributed by atoms with E-state index in [0.717, 1.165) is 31.3 Å². The lowest BCUT2D eigenvalue weighted by atomic mass is 9.94. The van der Waals surface area contributed by atoms with E-state index in [2.05, 4.69) is 47.0 Å². The van der Waals surface area contributed by atoms with Crippen LogP contribution in [0.2, 0.25) is 0 Å². The van der Waals surface area contributed by atoms with Crippen LogP contribution in [0.15, 0.2) is 24.3 Å². The van der Waals surface area contributed by atoms with Gasteiger partial charge in [0.05, 0.1) is 13.2 Å². The molecule has 3 atom stereocenters. The fourth-order valence-corrected chi connectivity index (χ4v) is 3.86. The molecule has 1 aromatic rings. The minimum absolute atomic E-state index is 0.360. The van der Waals surface area contributed by atoms with Gasteiger partial charge in [-0.3, -0.25) is 5.43 Å². The minimum Gasteiger partial charge on any atom is -0.497 e. The van der Waals surface area contributed by atoms with Crippen LogP contribution in [-0.2, 0) is 0 Å². The van der Waals surface area contributed by atoms with Gasteiger partial charge in [-0.05, 0) is 57.0 Å². The van der Waals surface area contributed by atoms with Crippen LogP contribution in [0.25, 0.3) is 0 Å². The third kappa shape index (κ3) is 4.28. The second kappa shape index (κ2) is 8.30. The number of benzene rings is 1. The van der Waals surface area contributed by atoms with Crippen molar-refractivity contribution in [3.8, 4) is 5.75 Å². The van der Waals surface area contributed by atoms with E-state index < -0.39 is 0 Å². The number of ether oxygens (including phenoxy) is 1. The molecular formula is C19H32N4O. The Balaban J connectivity index is 1.46. The van der Waals surface area contributed by atoms with E-state index >= 15 is 0 Å². The molecule has 2 fully saturated rings. The van der Waals surface area contributed by atoms with Crippen LogP contribution in [0.1, 0.15) is 31.9 Å². The van der Waals surface area contributed by atoms with Gasteiger partial charge in [0.1, 0.15) is 5.75 Å². The number of likely N-dealkylation sites (tertiary alicyclic amines) is 1. The maximum Gasteiger partial charge on any atom is 0.118 e. The topological polar surface area (TPSA) is 48.6 Å². The Morgan fingerprint density at radius 1 is 1.25 bits per heavy atom. The van der Waals surface area contributed by atoms with Crippen LogP contribution < -0.4 is 20.9 Å². The Hall–Kier alpha value is -1.14. The zero-order valence-electron chi connectivity index (χ0n) is 15.2. The highest BCUT2D eigenvalue weighted by molar-refractivity contribution is 5.30. The Bertz CT molecular complexity index is 505. The summed E-state index contributed by atoms with van der Waals surface area (Å²) in [5, 5.41) is 3.72. The molecular weight excluding hydrogens is 300 g/mol. The second-order valence-corrected chi connectivity index (χ2v) is 7.44. The number of rotatable bonds is 7. The molecule has 2 saturated heterocycles. The normalized spacial score (nSPS) is 27.9. The van der Waals surface area contributed by atoms with Crippen LogP contribution in [0.4, 0.5) is 0 Å². The van der Waals surface area contributed by atoms with E-state index in [0.29, 0.717) is 18.0 Å². The van der Waals surface area contributed by atoms with Gasteiger partial charge in [0, 0.05) is 31.6 Å². The molecule has 2 aliphatic rings. The molecule has 3 rings (SSSR count). The summed E-state index contributed by atoms with van der Waals surface area (Å²) in [4.78, 5) is 2.59. The molecule has 0 spiro atoms. The van der Waals surface area contributed by atoms with Gasteiger partial charge in [0.15, 0.2) is 0 Å². The van der Waals surface area contributed by atoms with E-state index in [9.17, 15) is 0 Å². The number of hydrogen-bond donors (Lipinski definition) is 3. The quantitative estimate of drug-likeness (QED) is 0.711. The van der Waals surface area contributed by atoms with Crippen molar-refractivity contribution < 1.29 is 4.74 Å². The van der Waals surface area contributed by atoms with Crippen LogP contribution in [-0.4, -0.2) is 50.8 Å². The Labute approximate surface area is 146 Å². The first-order valence-corrected chi connectivity index (χ1v) is 9.24. The predicted molar refractivity (Wildman–Crippen MR) is 98.0 cm³/mol. The summed E-state index contributed by atoms with van der Waals surface area (Å²) in [6.45, 7) is 10.3. The molecule has 0 saturated carbocycles. The van der Waals surface area contributed by atoms with Crippen molar-refractivity contribution in [3.05, 3.63) is 29.8 Å². The summed E-state index contributed by atoms with van der Waals surface area (Å²) >= 11 is 0. The van der Waals surface area contributed by atoms with Crippen LogP contribution in [0, 0.1) is 11.8 Å². The van der Waals surface area contributed by atoms with E-state index in [1.165, 1.54) is 25.1 Å². The van der Waals surface area contributed by atoms with Crippen LogP contribution in [0.3, 0.4) is 0 Å². The lowest BCUT2D eigenvalue weighted by Crippen LogP contribution is -2.34. The van der Waals surface area contributed by atoms with Gasteiger partial charge in [-0.1, -0.05) is 12.1 Å². The first-order chi connectivity index (χ1) is 11.7. The fraction of sp³-hybridized carbons (Fsp3) is 0.684. The summed E-state index contributed by atoms with van der Waals surface area (Å²) in [5.74, 6) is 2.28. The molecule has 24 heavy (non-hydrogen) atoms. The summed E-state index contributed by atoms with van der Waals surface area (Å²) in [6.07, 6.45) is 1.33. The van der Waals surface area contributed by atoms with Gasteiger partial charge >= 0.3 is 0 Å². The molecule has 0 amide bonds. The summed E-state index contributed by atoms with van der Waals surface area (Å²) in [5.41, 5.74) is 8.06. The molecule has 0 aromatic heterocycles. The van der Waals surface area contributed by atoms with Crippen molar-refractivity contribution in [2.45, 2.75) is 32.4 Å². The molecule has 2 heterocycles. The number of nitrogens with one attached hydrogen (secondary N) is 3. The molecule has 5 nitrogen and oxygen atoms in total. The number of hydrazine groups is 1. The molecule has 0 radical (unpaired) electrons. The van der Waals surface area contributed by atoms with Gasteiger partial charge < -0.3 is 15.0 Å². The van der Waals surface area contributed by atoms with Crippen molar-refractivity contribution in [1.29, 1.82) is 0 Å². The molecule has 134 valence electrons. The summed E-state index contributed by atoms with van der Waals surface area (Å²) in [7, 11) is 1.71. The van der Waals surface area contributed by atoms with Gasteiger partial charge in [0.25, 0.3) is 0 Å². The van der Waals surface area contributed by atoms with E-state index in [-0.39, 0.29) is 0 Å². The highest BCUT2D eigenvalue weighted by Crippen LogP contribution is 2.26. The van der Waals surface area contributed by atoms with Crippen molar-refractivity contribution in [2.75, 3.05) is 39.8 Å². The highest BCUT2D eigenvalue weighted by atomic mass is 16.5. The third-order valence-corrected chi connectivity index (χ3v) is 5.46. The molecule has 3 N–H and O–H groups in total. The van der Waals surface area contributed by atoms with Crippen LogP contribution in [0.5, 0.6) is 5.75 Å². The second-order valence-electron chi connectivity index (χ2n) is 7.44. The average Bonchev–Trinajstić information content (AvgIpc) is 3.24. The zero-order chi connectivity index (χ0) is 16.9. The van der Waals surface area contributed by atoms with Crippen molar-refractivity contribution in [2.24, 2.45) is 11.8 Å². The number of hydrogen-bond acceptors (Lipinski definition) is 5. The van der Waals surface area contributed by atoms with Gasteiger partial charge in [-0.25, -0.2) is 5.43 Å². The summed E-state index contributed by atoms with van der Waals surface area (Å²) < 4.78 is 5.25. The Kier molecular flexibility index (Phi) is 6.11. The molecule has 0 aliphatic carbocycles. The van der Waals surface area contributed by atoms with E-state index in [4.69, 9.17) is 4.74 Å². The first kappa shape index (κ1) is 17.7. The average molecular weight is 332 g/mol. The van der Waals surface area contributed by atoms with Gasteiger partial charge in [0.2, 0.25) is 0 Å². The molecule has 5 heteroatoms. The molecule has 2 aliphatic heterocycles. The van der Waals surface area contributed by atoms with Crippen molar-refractivity contribution >= 4 is 0 Å².